The van der Waals surface area contributed by atoms with E-state index in [0.29, 0.717) is 0 Å². The van der Waals surface area contributed by atoms with Crippen LogP contribution < -0.4 is 4.74 Å². The van der Waals surface area contributed by atoms with Crippen molar-refractivity contribution in [3.05, 3.63) is 66.1 Å². The van der Waals surface area contributed by atoms with Crippen LogP contribution in [0.3, 0.4) is 0 Å². The van der Waals surface area contributed by atoms with Gasteiger partial charge in [-0.25, -0.2) is 4.98 Å². The summed E-state index contributed by atoms with van der Waals surface area (Å²) in [5.74, 6) is 2.91. The van der Waals surface area contributed by atoms with Gasteiger partial charge in [-0.15, -0.1) is 0 Å². The molecule has 3 aromatic rings. The molecule has 0 radical (unpaired) electrons. The Morgan fingerprint density at radius 1 is 1.00 bits per heavy atom. The van der Waals surface area contributed by atoms with Crippen LogP contribution in [0.4, 0.5) is 0 Å². The number of aryl methyl sites for hydroxylation is 3. The first-order valence-electron chi connectivity index (χ1n) is 8.19. The van der Waals surface area contributed by atoms with Crippen LogP contribution >= 0.6 is 0 Å². The van der Waals surface area contributed by atoms with Gasteiger partial charge in [0.05, 0.1) is 5.69 Å². The van der Waals surface area contributed by atoms with E-state index in [1.807, 2.05) is 24.3 Å². The van der Waals surface area contributed by atoms with E-state index in [2.05, 4.69) is 42.0 Å². The molecule has 2 heterocycles. The topological polar surface area (TPSA) is 27.1 Å². The van der Waals surface area contributed by atoms with Crippen LogP contribution in [-0.2, 0) is 13.0 Å². The minimum absolute atomic E-state index is 0.845. The maximum Gasteiger partial charge on any atom is 0.128 e. The van der Waals surface area contributed by atoms with Gasteiger partial charge in [-0.05, 0) is 44.0 Å². The molecule has 0 saturated heterocycles. The Balaban J connectivity index is 1.60. The van der Waals surface area contributed by atoms with Crippen LogP contribution in [0.1, 0.15) is 24.2 Å². The Morgan fingerprint density at radius 2 is 1.87 bits per heavy atom. The van der Waals surface area contributed by atoms with Gasteiger partial charge < -0.3 is 9.30 Å². The van der Waals surface area contributed by atoms with E-state index in [1.165, 1.54) is 24.2 Å². The highest BCUT2D eigenvalue weighted by Crippen LogP contribution is 2.28. The molecule has 0 N–H and O–H groups in total. The Labute approximate surface area is 136 Å². The molecule has 0 atom stereocenters. The minimum Gasteiger partial charge on any atom is -0.457 e. The zero-order valence-corrected chi connectivity index (χ0v) is 13.3. The van der Waals surface area contributed by atoms with Crippen LogP contribution in [0, 0.1) is 6.92 Å². The van der Waals surface area contributed by atoms with Gasteiger partial charge in [0.1, 0.15) is 17.3 Å². The van der Waals surface area contributed by atoms with Gasteiger partial charge in [0.25, 0.3) is 0 Å². The van der Waals surface area contributed by atoms with Crippen molar-refractivity contribution in [2.45, 2.75) is 32.7 Å². The molecule has 2 aromatic carbocycles. The average Bonchev–Trinajstić information content (AvgIpc) is 3.01. The van der Waals surface area contributed by atoms with Crippen LogP contribution in [0.15, 0.2) is 54.7 Å². The number of aromatic nitrogens is 2. The van der Waals surface area contributed by atoms with Crippen LogP contribution in [0.25, 0.3) is 11.3 Å². The number of imidazole rings is 1. The molecule has 1 aromatic heterocycles. The second-order valence-corrected chi connectivity index (χ2v) is 6.14. The predicted molar refractivity (Wildman–Crippen MR) is 91.9 cm³/mol. The molecule has 116 valence electrons. The first-order valence-corrected chi connectivity index (χ1v) is 8.19. The van der Waals surface area contributed by atoms with Crippen LogP contribution in [-0.4, -0.2) is 9.55 Å². The number of hydrogen-bond acceptors (Lipinski definition) is 2. The molecule has 3 heteroatoms. The Morgan fingerprint density at radius 3 is 2.70 bits per heavy atom. The van der Waals surface area contributed by atoms with E-state index in [9.17, 15) is 0 Å². The third-order valence-electron chi connectivity index (χ3n) is 4.30. The van der Waals surface area contributed by atoms with Gasteiger partial charge in [-0.1, -0.05) is 29.8 Å². The quantitative estimate of drug-likeness (QED) is 0.682. The summed E-state index contributed by atoms with van der Waals surface area (Å²) < 4.78 is 8.25. The predicted octanol–water partition coefficient (Wildman–Crippen LogP) is 4.99. The minimum atomic E-state index is 0.845. The largest absolute Gasteiger partial charge is 0.457 e. The second-order valence-electron chi connectivity index (χ2n) is 6.14. The molecule has 1 aliphatic heterocycles. The highest BCUT2D eigenvalue weighted by molar-refractivity contribution is 5.61. The summed E-state index contributed by atoms with van der Waals surface area (Å²) in [6.45, 7) is 3.16. The number of rotatable bonds is 3. The molecule has 23 heavy (non-hydrogen) atoms. The Hall–Kier alpha value is -2.55. The van der Waals surface area contributed by atoms with Gasteiger partial charge in [0.2, 0.25) is 0 Å². The standard InChI is InChI=1S/C20H20N2O/c1-15-8-10-17(11-9-15)23-18-6-4-5-16(13-18)19-14-22-12-3-2-7-20(22)21-19/h4-6,8-11,13-14H,2-3,7,12H2,1H3. The summed E-state index contributed by atoms with van der Waals surface area (Å²) in [4.78, 5) is 4.79. The van der Waals surface area contributed by atoms with Crippen molar-refractivity contribution >= 4 is 0 Å². The van der Waals surface area contributed by atoms with Gasteiger partial charge in [0, 0.05) is 24.7 Å². The molecule has 1 aliphatic rings. The van der Waals surface area contributed by atoms with E-state index in [-0.39, 0.29) is 0 Å². The summed E-state index contributed by atoms with van der Waals surface area (Å²) in [5, 5.41) is 0. The first kappa shape index (κ1) is 14.1. The summed E-state index contributed by atoms with van der Waals surface area (Å²) >= 11 is 0. The summed E-state index contributed by atoms with van der Waals surface area (Å²) in [6, 6.07) is 16.3. The highest BCUT2D eigenvalue weighted by Gasteiger charge is 2.13. The van der Waals surface area contributed by atoms with E-state index < -0.39 is 0 Å². The average molecular weight is 304 g/mol. The maximum atomic E-state index is 5.96. The number of benzene rings is 2. The zero-order valence-electron chi connectivity index (χ0n) is 13.3. The maximum absolute atomic E-state index is 5.96. The van der Waals surface area contributed by atoms with Gasteiger partial charge in [0.15, 0.2) is 0 Å². The van der Waals surface area contributed by atoms with E-state index in [4.69, 9.17) is 9.72 Å². The second kappa shape index (κ2) is 5.92. The molecule has 0 amide bonds. The molecular weight excluding hydrogens is 284 g/mol. The van der Waals surface area contributed by atoms with Crippen molar-refractivity contribution < 1.29 is 4.74 Å². The normalized spacial score (nSPS) is 13.6. The lowest BCUT2D eigenvalue weighted by Gasteiger charge is -2.11. The van der Waals surface area contributed by atoms with Gasteiger partial charge in [-0.2, -0.15) is 0 Å². The highest BCUT2D eigenvalue weighted by atomic mass is 16.5. The molecule has 4 rings (SSSR count). The number of ether oxygens (including phenoxy) is 1. The summed E-state index contributed by atoms with van der Waals surface area (Å²) in [6.07, 6.45) is 5.74. The number of nitrogens with zero attached hydrogens (tertiary/aromatic N) is 2. The fraction of sp³-hybridized carbons (Fsp3) is 0.250. The van der Waals surface area contributed by atoms with Crippen molar-refractivity contribution in [2.24, 2.45) is 0 Å². The molecule has 0 unspecified atom stereocenters. The first-order chi connectivity index (χ1) is 11.3. The van der Waals surface area contributed by atoms with E-state index >= 15 is 0 Å². The molecule has 0 fully saturated rings. The number of hydrogen-bond donors (Lipinski definition) is 0. The van der Waals surface area contributed by atoms with Crippen molar-refractivity contribution in [3.63, 3.8) is 0 Å². The molecule has 0 spiro atoms. The number of fused-ring (bicyclic) bond motifs is 1. The van der Waals surface area contributed by atoms with Crippen molar-refractivity contribution in [1.82, 2.24) is 9.55 Å². The lowest BCUT2D eigenvalue weighted by atomic mass is 10.1. The fourth-order valence-electron chi connectivity index (χ4n) is 3.01. The van der Waals surface area contributed by atoms with Crippen LogP contribution in [0.5, 0.6) is 11.5 Å². The smallest absolute Gasteiger partial charge is 0.128 e. The molecular formula is C20H20N2O. The van der Waals surface area contributed by atoms with E-state index in [1.54, 1.807) is 0 Å². The fourth-order valence-corrected chi connectivity index (χ4v) is 3.01. The lowest BCUT2D eigenvalue weighted by molar-refractivity contribution is 0.483. The van der Waals surface area contributed by atoms with Crippen LogP contribution in [0.2, 0.25) is 0 Å². The molecule has 0 saturated carbocycles. The molecule has 3 nitrogen and oxygen atoms in total. The SMILES string of the molecule is Cc1ccc(Oc2cccc(-c3cn4c(n3)CCCC4)c2)cc1. The molecule has 0 bridgehead atoms. The third-order valence-corrected chi connectivity index (χ3v) is 4.30. The third kappa shape index (κ3) is 3.00. The zero-order chi connectivity index (χ0) is 15.6. The van der Waals surface area contributed by atoms with Crippen molar-refractivity contribution in [1.29, 1.82) is 0 Å². The van der Waals surface area contributed by atoms with Gasteiger partial charge >= 0.3 is 0 Å². The van der Waals surface area contributed by atoms with Gasteiger partial charge in [-0.3, -0.25) is 0 Å². The summed E-state index contributed by atoms with van der Waals surface area (Å²) in [5.41, 5.74) is 3.38. The lowest BCUT2D eigenvalue weighted by Crippen LogP contribution is -2.08. The Kier molecular flexibility index (Phi) is 3.62. The Bertz CT molecular complexity index is 794. The monoisotopic (exact) mass is 304 g/mol. The summed E-state index contributed by atoms with van der Waals surface area (Å²) in [7, 11) is 0. The van der Waals surface area contributed by atoms with Crippen molar-refractivity contribution in [2.75, 3.05) is 0 Å². The van der Waals surface area contributed by atoms with Crippen molar-refractivity contribution in [3.8, 4) is 22.8 Å². The molecule has 0 aliphatic carbocycles. The van der Waals surface area contributed by atoms with E-state index in [0.717, 1.165) is 35.7 Å².